The van der Waals surface area contributed by atoms with Crippen molar-refractivity contribution in [2.75, 3.05) is 18.1 Å². The van der Waals surface area contributed by atoms with E-state index in [2.05, 4.69) is 20.9 Å². The van der Waals surface area contributed by atoms with Crippen LogP contribution in [-0.2, 0) is 4.74 Å². The van der Waals surface area contributed by atoms with Crippen molar-refractivity contribution in [1.29, 1.82) is 0 Å². The molecule has 10 nitrogen and oxygen atoms in total. The average molecular weight is 507 g/mol. The molecule has 1 fully saturated rings. The van der Waals surface area contributed by atoms with E-state index in [0.717, 1.165) is 40.2 Å². The van der Waals surface area contributed by atoms with Crippen molar-refractivity contribution in [2.45, 2.75) is 18.9 Å². The number of thiazole rings is 1. The molecule has 1 saturated heterocycles. The molecule has 2 aromatic carbocycles. The number of non-ortho nitro benzene ring substituents is 2. The normalized spacial score (nSPS) is 15.8. The second-order valence-corrected chi connectivity index (χ2v) is 8.84. The summed E-state index contributed by atoms with van der Waals surface area (Å²) in [6.45, 7) is 0.776. The summed E-state index contributed by atoms with van der Waals surface area (Å²) in [7, 11) is 0. The smallest absolute Gasteiger partial charge is 0.277 e. The molecular formula is C19H15BrN4O6S. The van der Waals surface area contributed by atoms with Gasteiger partial charge in [-0.2, -0.15) is 0 Å². The predicted molar refractivity (Wildman–Crippen MR) is 118 cm³/mol. The molecular weight excluding hydrogens is 492 g/mol. The van der Waals surface area contributed by atoms with Crippen molar-refractivity contribution < 1.29 is 19.4 Å². The Bertz CT molecular complexity index is 1160. The molecule has 0 radical (unpaired) electrons. The van der Waals surface area contributed by atoms with Crippen LogP contribution in [0.4, 0.5) is 16.5 Å². The van der Waals surface area contributed by atoms with E-state index in [-0.39, 0.29) is 18.2 Å². The zero-order chi connectivity index (χ0) is 22.1. The minimum Gasteiger partial charge on any atom is -0.376 e. The largest absolute Gasteiger partial charge is 0.376 e. The summed E-state index contributed by atoms with van der Waals surface area (Å²) in [6.07, 6.45) is 1.41. The highest BCUT2D eigenvalue weighted by Crippen LogP contribution is 2.33. The highest BCUT2D eigenvalue weighted by molar-refractivity contribution is 9.10. The van der Waals surface area contributed by atoms with Crippen molar-refractivity contribution in [3.05, 3.63) is 66.7 Å². The number of halogens is 1. The lowest BCUT2D eigenvalue weighted by molar-refractivity contribution is -0.394. The first-order valence-electron chi connectivity index (χ1n) is 9.25. The number of benzene rings is 2. The summed E-state index contributed by atoms with van der Waals surface area (Å²) in [5.41, 5.74) is -0.511. The first-order valence-corrected chi connectivity index (χ1v) is 10.9. The first kappa shape index (κ1) is 21.3. The summed E-state index contributed by atoms with van der Waals surface area (Å²) in [4.78, 5) is 40.3. The van der Waals surface area contributed by atoms with Crippen LogP contribution in [0.15, 0.2) is 40.9 Å². The molecule has 1 amide bonds. The standard InChI is InChI=1S/C19H15BrN4O6S/c20-12-3-4-16-17(8-12)31-19(21-16)22(10-15-2-1-5-30-15)18(25)11-6-13(23(26)27)9-14(7-11)24(28)29/h3-4,6-9,15H,1-2,5,10H2. The van der Waals surface area contributed by atoms with E-state index < -0.39 is 27.1 Å². The molecule has 0 saturated carbocycles. The lowest BCUT2D eigenvalue weighted by Gasteiger charge is -2.23. The Kier molecular flexibility index (Phi) is 5.94. The minimum atomic E-state index is -0.760. The number of nitro benzene ring substituents is 2. The molecule has 2 heterocycles. The molecule has 1 aromatic heterocycles. The average Bonchev–Trinajstić information content (AvgIpc) is 3.40. The van der Waals surface area contributed by atoms with Crippen LogP contribution < -0.4 is 4.90 Å². The molecule has 12 heteroatoms. The van der Waals surface area contributed by atoms with E-state index >= 15 is 0 Å². The maximum atomic E-state index is 13.4. The van der Waals surface area contributed by atoms with Crippen LogP contribution in [0.3, 0.4) is 0 Å². The third-order valence-corrected chi connectivity index (χ3v) is 6.33. The Labute approximate surface area is 187 Å². The van der Waals surface area contributed by atoms with Crippen molar-refractivity contribution in [3.8, 4) is 0 Å². The second kappa shape index (κ2) is 8.65. The fourth-order valence-electron chi connectivity index (χ4n) is 3.33. The van der Waals surface area contributed by atoms with Crippen molar-refractivity contribution in [3.63, 3.8) is 0 Å². The van der Waals surface area contributed by atoms with Crippen LogP contribution in [0.2, 0.25) is 0 Å². The van der Waals surface area contributed by atoms with E-state index in [9.17, 15) is 25.0 Å². The Morgan fingerprint density at radius 3 is 2.52 bits per heavy atom. The molecule has 31 heavy (non-hydrogen) atoms. The van der Waals surface area contributed by atoms with Gasteiger partial charge in [0.25, 0.3) is 17.3 Å². The Morgan fingerprint density at radius 2 is 1.90 bits per heavy atom. The van der Waals surface area contributed by atoms with Gasteiger partial charge in [-0.15, -0.1) is 0 Å². The van der Waals surface area contributed by atoms with Gasteiger partial charge in [-0.05, 0) is 31.0 Å². The second-order valence-electron chi connectivity index (χ2n) is 6.91. The number of amides is 1. The maximum absolute atomic E-state index is 13.4. The van der Waals surface area contributed by atoms with Gasteiger partial charge in [-0.25, -0.2) is 4.98 Å². The molecule has 1 atom stereocenters. The van der Waals surface area contributed by atoms with Crippen molar-refractivity contribution in [2.24, 2.45) is 0 Å². The number of nitrogens with zero attached hydrogens (tertiary/aromatic N) is 4. The Hall–Kier alpha value is -2.96. The number of hydrogen-bond acceptors (Lipinski definition) is 8. The SMILES string of the molecule is O=C(c1cc([N+](=O)[O-])cc([N+](=O)[O-])c1)N(CC1CCCO1)c1nc2ccc(Br)cc2s1. The van der Waals surface area contributed by atoms with Gasteiger partial charge in [0, 0.05) is 23.2 Å². The van der Waals surface area contributed by atoms with Gasteiger partial charge in [0.15, 0.2) is 5.13 Å². The van der Waals surface area contributed by atoms with Gasteiger partial charge in [0.05, 0.1) is 44.3 Å². The van der Waals surface area contributed by atoms with E-state index in [0.29, 0.717) is 17.3 Å². The van der Waals surface area contributed by atoms with Gasteiger partial charge < -0.3 is 4.74 Å². The number of rotatable bonds is 6. The molecule has 0 bridgehead atoms. The van der Waals surface area contributed by atoms with Gasteiger partial charge in [0.2, 0.25) is 0 Å². The highest BCUT2D eigenvalue weighted by Gasteiger charge is 2.29. The Morgan fingerprint density at radius 1 is 1.19 bits per heavy atom. The lowest BCUT2D eigenvalue weighted by atomic mass is 10.1. The van der Waals surface area contributed by atoms with Crippen LogP contribution in [0.5, 0.6) is 0 Å². The fraction of sp³-hybridized carbons (Fsp3) is 0.263. The third-order valence-electron chi connectivity index (χ3n) is 4.80. The van der Waals surface area contributed by atoms with Crippen LogP contribution >= 0.6 is 27.3 Å². The number of carbonyl (C=O) groups excluding carboxylic acids is 1. The van der Waals surface area contributed by atoms with E-state index in [1.807, 2.05) is 18.2 Å². The molecule has 1 aliphatic rings. The molecule has 1 aliphatic heterocycles. The monoisotopic (exact) mass is 506 g/mol. The quantitative estimate of drug-likeness (QED) is 0.349. The summed E-state index contributed by atoms with van der Waals surface area (Å²) in [6, 6.07) is 8.44. The number of aromatic nitrogens is 1. The molecule has 160 valence electrons. The van der Waals surface area contributed by atoms with Crippen molar-refractivity contribution in [1.82, 2.24) is 4.98 Å². The minimum absolute atomic E-state index is 0.153. The zero-order valence-corrected chi connectivity index (χ0v) is 18.3. The van der Waals surface area contributed by atoms with Gasteiger partial charge in [-0.3, -0.25) is 29.9 Å². The van der Waals surface area contributed by atoms with Gasteiger partial charge in [-0.1, -0.05) is 27.3 Å². The lowest BCUT2D eigenvalue weighted by Crippen LogP contribution is -2.37. The number of hydrogen-bond donors (Lipinski definition) is 0. The summed E-state index contributed by atoms with van der Waals surface area (Å²) in [5, 5.41) is 22.9. The van der Waals surface area contributed by atoms with Crippen LogP contribution in [0.1, 0.15) is 23.2 Å². The van der Waals surface area contributed by atoms with Crippen LogP contribution in [-0.4, -0.2) is 40.0 Å². The zero-order valence-electron chi connectivity index (χ0n) is 15.9. The number of ether oxygens (including phenoxy) is 1. The highest BCUT2D eigenvalue weighted by atomic mass is 79.9. The molecule has 4 rings (SSSR count). The number of fused-ring (bicyclic) bond motifs is 1. The topological polar surface area (TPSA) is 129 Å². The first-order chi connectivity index (χ1) is 14.8. The Balaban J connectivity index is 1.78. The van der Waals surface area contributed by atoms with Crippen LogP contribution in [0, 0.1) is 20.2 Å². The summed E-state index contributed by atoms with van der Waals surface area (Å²) in [5.74, 6) is -0.611. The number of nitro groups is 2. The molecule has 0 aliphatic carbocycles. The third kappa shape index (κ3) is 4.55. The molecule has 0 spiro atoms. The summed E-state index contributed by atoms with van der Waals surface area (Å²) < 4.78 is 7.38. The van der Waals surface area contributed by atoms with Gasteiger partial charge >= 0.3 is 0 Å². The number of anilines is 1. The fourth-order valence-corrected chi connectivity index (χ4v) is 4.85. The van der Waals surface area contributed by atoms with E-state index in [1.54, 1.807) is 0 Å². The van der Waals surface area contributed by atoms with Crippen molar-refractivity contribution >= 4 is 59.9 Å². The summed E-state index contributed by atoms with van der Waals surface area (Å²) >= 11 is 4.70. The predicted octanol–water partition coefficient (Wildman–Crippen LogP) is 4.70. The maximum Gasteiger partial charge on any atom is 0.277 e. The molecule has 3 aromatic rings. The molecule has 1 unspecified atom stereocenters. The van der Waals surface area contributed by atoms with Gasteiger partial charge in [0.1, 0.15) is 0 Å². The van der Waals surface area contributed by atoms with Crippen LogP contribution in [0.25, 0.3) is 10.2 Å². The van der Waals surface area contributed by atoms with E-state index in [1.165, 1.54) is 16.2 Å². The number of carbonyl (C=O) groups is 1. The van der Waals surface area contributed by atoms with E-state index in [4.69, 9.17) is 4.74 Å². The molecule has 0 N–H and O–H groups in total.